The summed E-state index contributed by atoms with van der Waals surface area (Å²) in [6.07, 6.45) is 1.21. The average Bonchev–Trinajstić information content (AvgIpc) is 3.13. The Bertz CT molecular complexity index is 1000. The summed E-state index contributed by atoms with van der Waals surface area (Å²) in [4.78, 5) is 27.7. The number of hydrazine groups is 1. The third-order valence-corrected chi connectivity index (χ3v) is 3.97. The minimum Gasteiger partial charge on any atom is -0.441 e. The predicted molar refractivity (Wildman–Crippen MR) is 97.2 cm³/mol. The van der Waals surface area contributed by atoms with Crippen LogP contribution in [0.2, 0.25) is 5.02 Å². The molecular weight excluding hydrogens is 392 g/mol. The van der Waals surface area contributed by atoms with Gasteiger partial charge in [0.1, 0.15) is 11.6 Å². The fourth-order valence-electron chi connectivity index (χ4n) is 2.39. The number of nitrogens with zero attached hydrogens (tertiary/aromatic N) is 1. The van der Waals surface area contributed by atoms with Gasteiger partial charge in [-0.15, -0.1) is 0 Å². The fourth-order valence-corrected chi connectivity index (χ4v) is 2.58. The lowest BCUT2D eigenvalue weighted by atomic mass is 10.1. The van der Waals surface area contributed by atoms with E-state index in [0.29, 0.717) is 5.02 Å². The first-order chi connectivity index (χ1) is 13.4. The minimum atomic E-state index is -0.774. The number of amides is 2. The van der Waals surface area contributed by atoms with Gasteiger partial charge in [-0.25, -0.2) is 13.8 Å². The van der Waals surface area contributed by atoms with Crippen LogP contribution < -0.4 is 10.9 Å². The highest BCUT2D eigenvalue weighted by Gasteiger charge is 2.16. The number of carbonyl (C=O) groups excluding carboxylic acids is 2. The molecule has 6 nitrogen and oxygen atoms in total. The lowest BCUT2D eigenvalue weighted by Gasteiger charge is -2.07. The van der Waals surface area contributed by atoms with Gasteiger partial charge >= 0.3 is 0 Å². The predicted octanol–water partition coefficient (Wildman–Crippen LogP) is 3.67. The number of aromatic nitrogens is 1. The van der Waals surface area contributed by atoms with Crippen molar-refractivity contribution in [3.05, 3.63) is 76.8 Å². The molecule has 2 aromatic carbocycles. The smallest absolute Gasteiger partial charge is 0.269 e. The topological polar surface area (TPSA) is 84.2 Å². The Kier molecular flexibility index (Phi) is 6.00. The molecule has 3 aromatic rings. The van der Waals surface area contributed by atoms with Gasteiger partial charge in [-0.1, -0.05) is 23.7 Å². The van der Waals surface area contributed by atoms with Crippen molar-refractivity contribution in [2.75, 3.05) is 0 Å². The van der Waals surface area contributed by atoms with E-state index in [2.05, 4.69) is 15.8 Å². The molecule has 144 valence electrons. The third kappa shape index (κ3) is 4.72. The highest BCUT2D eigenvalue weighted by Crippen LogP contribution is 2.26. The van der Waals surface area contributed by atoms with E-state index in [-0.39, 0.29) is 35.6 Å². The fraction of sp³-hybridized carbons (Fsp3) is 0.105. The highest BCUT2D eigenvalue weighted by molar-refractivity contribution is 6.30. The molecule has 0 saturated carbocycles. The van der Waals surface area contributed by atoms with Crippen LogP contribution in [-0.4, -0.2) is 16.8 Å². The van der Waals surface area contributed by atoms with Crippen molar-refractivity contribution in [2.45, 2.75) is 12.8 Å². The molecule has 0 aliphatic heterocycles. The average molecular weight is 406 g/mol. The summed E-state index contributed by atoms with van der Waals surface area (Å²) in [6.45, 7) is 0. The molecule has 0 aliphatic rings. The van der Waals surface area contributed by atoms with Crippen molar-refractivity contribution in [2.24, 2.45) is 0 Å². The monoisotopic (exact) mass is 405 g/mol. The van der Waals surface area contributed by atoms with Gasteiger partial charge in [0.25, 0.3) is 5.91 Å². The molecule has 0 unspecified atom stereocenters. The molecule has 9 heteroatoms. The van der Waals surface area contributed by atoms with E-state index in [1.807, 2.05) is 0 Å². The molecular formula is C19H14ClF2N3O3. The van der Waals surface area contributed by atoms with Crippen LogP contribution in [0.5, 0.6) is 0 Å². The Morgan fingerprint density at radius 1 is 1.07 bits per heavy atom. The van der Waals surface area contributed by atoms with Crippen LogP contribution in [0.15, 0.2) is 53.1 Å². The highest BCUT2D eigenvalue weighted by atomic mass is 35.5. The van der Waals surface area contributed by atoms with Crippen LogP contribution in [0, 0.1) is 11.6 Å². The number of hydrogen-bond acceptors (Lipinski definition) is 4. The molecule has 0 fully saturated rings. The number of oxazole rings is 1. The van der Waals surface area contributed by atoms with Crippen LogP contribution in [0.25, 0.3) is 11.3 Å². The van der Waals surface area contributed by atoms with E-state index in [1.54, 1.807) is 18.2 Å². The van der Waals surface area contributed by atoms with Crippen molar-refractivity contribution in [1.29, 1.82) is 0 Å². The largest absolute Gasteiger partial charge is 0.441 e. The molecule has 0 bridgehead atoms. The summed E-state index contributed by atoms with van der Waals surface area (Å²) in [5.74, 6) is -2.50. The summed E-state index contributed by atoms with van der Waals surface area (Å²) < 4.78 is 32.8. The zero-order valence-electron chi connectivity index (χ0n) is 14.3. The lowest BCUT2D eigenvalue weighted by molar-refractivity contribution is -0.121. The minimum absolute atomic E-state index is 0.0600. The van der Waals surface area contributed by atoms with Gasteiger partial charge in [0.15, 0.2) is 11.7 Å². The van der Waals surface area contributed by atoms with Crippen molar-refractivity contribution in [1.82, 2.24) is 15.8 Å². The van der Waals surface area contributed by atoms with E-state index in [9.17, 15) is 18.4 Å². The van der Waals surface area contributed by atoms with Crippen molar-refractivity contribution >= 4 is 23.4 Å². The Morgan fingerprint density at radius 3 is 2.50 bits per heavy atom. The number of carbonyl (C=O) groups is 2. The molecule has 0 saturated heterocycles. The lowest BCUT2D eigenvalue weighted by Crippen LogP contribution is -2.41. The molecule has 28 heavy (non-hydrogen) atoms. The molecule has 3 rings (SSSR count). The van der Waals surface area contributed by atoms with E-state index in [1.165, 1.54) is 18.3 Å². The van der Waals surface area contributed by atoms with Gasteiger partial charge in [-0.3, -0.25) is 20.4 Å². The second-order valence-corrected chi connectivity index (χ2v) is 6.16. The van der Waals surface area contributed by atoms with Gasteiger partial charge in [0.2, 0.25) is 5.91 Å². The van der Waals surface area contributed by atoms with E-state index in [0.717, 1.165) is 12.1 Å². The van der Waals surface area contributed by atoms with Gasteiger partial charge < -0.3 is 4.42 Å². The van der Waals surface area contributed by atoms with E-state index >= 15 is 0 Å². The van der Waals surface area contributed by atoms with Crippen LogP contribution in [-0.2, 0) is 11.2 Å². The molecule has 1 aromatic heterocycles. The number of nitrogens with one attached hydrogen (secondary N) is 2. The normalized spacial score (nSPS) is 10.5. The van der Waals surface area contributed by atoms with Crippen molar-refractivity contribution in [3.63, 3.8) is 0 Å². The van der Waals surface area contributed by atoms with E-state index in [4.69, 9.17) is 16.0 Å². The first-order valence-corrected chi connectivity index (χ1v) is 8.55. The number of rotatable bonds is 5. The molecule has 0 radical (unpaired) electrons. The third-order valence-electron chi connectivity index (χ3n) is 3.73. The van der Waals surface area contributed by atoms with Gasteiger partial charge in [0.05, 0.1) is 11.8 Å². The van der Waals surface area contributed by atoms with Gasteiger partial charge in [-0.2, -0.15) is 0 Å². The van der Waals surface area contributed by atoms with Gasteiger partial charge in [-0.05, 0) is 30.3 Å². The Morgan fingerprint density at radius 2 is 1.79 bits per heavy atom. The first-order valence-electron chi connectivity index (χ1n) is 8.18. The molecule has 0 atom stereocenters. The molecule has 2 N–H and O–H groups in total. The summed E-state index contributed by atoms with van der Waals surface area (Å²) in [5.41, 5.74) is 4.49. The molecule has 0 spiro atoms. The van der Waals surface area contributed by atoms with Gasteiger partial charge in [0, 0.05) is 23.4 Å². The molecule has 1 heterocycles. The number of halogens is 3. The number of hydrogen-bond donors (Lipinski definition) is 2. The van der Waals surface area contributed by atoms with Crippen LogP contribution >= 0.6 is 11.6 Å². The maximum Gasteiger partial charge on any atom is 0.269 e. The number of benzene rings is 2. The van der Waals surface area contributed by atoms with Crippen molar-refractivity contribution < 1.29 is 22.8 Å². The second-order valence-electron chi connectivity index (χ2n) is 5.73. The van der Waals surface area contributed by atoms with Crippen LogP contribution in [0.1, 0.15) is 22.7 Å². The molecule has 0 aliphatic carbocycles. The maximum absolute atomic E-state index is 13.8. The van der Waals surface area contributed by atoms with Crippen LogP contribution in [0.3, 0.4) is 0 Å². The Labute approximate surface area is 163 Å². The Balaban J connectivity index is 1.53. The first kappa shape index (κ1) is 19.5. The summed E-state index contributed by atoms with van der Waals surface area (Å²) in [6, 6.07) is 9.69. The van der Waals surface area contributed by atoms with E-state index < -0.39 is 23.4 Å². The molecule has 2 amide bonds. The summed E-state index contributed by atoms with van der Waals surface area (Å²) >= 11 is 5.80. The van der Waals surface area contributed by atoms with Crippen molar-refractivity contribution in [3.8, 4) is 11.3 Å². The van der Waals surface area contributed by atoms with Crippen LogP contribution in [0.4, 0.5) is 8.78 Å². The Hall–Kier alpha value is -3.26. The zero-order valence-corrected chi connectivity index (χ0v) is 15.1. The SMILES string of the molecule is O=C(CCc1ncc(-c2c(F)cccc2F)o1)NNC(=O)c1cccc(Cl)c1. The quantitative estimate of drug-likeness (QED) is 0.634. The zero-order chi connectivity index (χ0) is 20.1. The number of aryl methyl sites for hydroxylation is 1. The standard InChI is InChI=1S/C19H14ClF2N3O3/c20-12-4-1-3-11(9-12)19(27)25-24-16(26)7-8-17-23-10-15(28-17)18-13(21)5-2-6-14(18)22/h1-6,9-10H,7-8H2,(H,24,26)(H,25,27). The summed E-state index contributed by atoms with van der Waals surface area (Å²) in [7, 11) is 0. The maximum atomic E-state index is 13.8. The second kappa shape index (κ2) is 8.62. The summed E-state index contributed by atoms with van der Waals surface area (Å²) in [5, 5.41) is 0.393.